The minimum absolute atomic E-state index is 0.0677. The summed E-state index contributed by atoms with van der Waals surface area (Å²) in [6.45, 7) is 13.4. The van der Waals surface area contributed by atoms with Crippen molar-refractivity contribution in [3.8, 4) is 0 Å². The zero-order valence-electron chi connectivity index (χ0n) is 24.4. The third kappa shape index (κ3) is 17.2. The molecule has 0 bridgehead atoms. The number of aliphatic hydroxyl groups excluding tert-OH is 1. The van der Waals surface area contributed by atoms with Gasteiger partial charge in [-0.2, -0.15) is 0 Å². The van der Waals surface area contributed by atoms with Gasteiger partial charge in [0.25, 0.3) is 0 Å². The summed E-state index contributed by atoms with van der Waals surface area (Å²) in [7, 11) is -1.98. The van der Waals surface area contributed by atoms with Crippen molar-refractivity contribution in [2.24, 2.45) is 0 Å². The lowest BCUT2D eigenvalue weighted by Gasteiger charge is -2.40. The van der Waals surface area contributed by atoms with Gasteiger partial charge in [0.05, 0.1) is 6.10 Å². The van der Waals surface area contributed by atoms with Gasteiger partial charge in [-0.05, 0) is 37.2 Å². The first-order chi connectivity index (χ1) is 16.5. The molecular formula is C29H60O4SSi. The third-order valence-electron chi connectivity index (χ3n) is 7.75. The van der Waals surface area contributed by atoms with E-state index < -0.39 is 25.6 Å². The van der Waals surface area contributed by atoms with Crippen LogP contribution in [-0.4, -0.2) is 48.2 Å². The van der Waals surface area contributed by atoms with Crippen LogP contribution in [-0.2, 0) is 9.22 Å². The van der Waals surface area contributed by atoms with E-state index in [0.29, 0.717) is 6.42 Å². The maximum Gasteiger partial charge on any atom is 0.319 e. The van der Waals surface area contributed by atoms with Crippen LogP contribution in [0.4, 0.5) is 0 Å². The largest absolute Gasteiger partial charge is 0.480 e. The van der Waals surface area contributed by atoms with Gasteiger partial charge in [-0.3, -0.25) is 4.79 Å². The summed E-state index contributed by atoms with van der Waals surface area (Å²) in [5.41, 5.74) is 0. The molecule has 3 atom stereocenters. The van der Waals surface area contributed by atoms with Crippen LogP contribution in [0.5, 0.6) is 0 Å². The van der Waals surface area contributed by atoms with Crippen LogP contribution in [0.3, 0.4) is 0 Å². The number of carboxylic acids is 1. The molecule has 0 fully saturated rings. The van der Waals surface area contributed by atoms with Crippen LogP contribution in [0, 0.1) is 0 Å². The predicted octanol–water partition coefficient (Wildman–Crippen LogP) is 9.21. The lowest BCUT2D eigenvalue weighted by Crippen LogP contribution is -2.45. The number of thioether (sulfide) groups is 1. The predicted molar refractivity (Wildman–Crippen MR) is 157 cm³/mol. The molecule has 0 heterocycles. The van der Waals surface area contributed by atoms with E-state index in [1.54, 1.807) is 6.26 Å². The number of hydrogen-bond acceptors (Lipinski definition) is 4. The van der Waals surface area contributed by atoms with Gasteiger partial charge >= 0.3 is 5.97 Å². The van der Waals surface area contributed by atoms with E-state index in [1.165, 1.54) is 102 Å². The Bertz CT molecular complexity index is 521. The summed E-state index contributed by atoms with van der Waals surface area (Å²) in [6.07, 6.45) is 22.3. The minimum Gasteiger partial charge on any atom is -0.480 e. The molecule has 2 N–H and O–H groups in total. The third-order valence-corrected chi connectivity index (χ3v) is 13.3. The Morgan fingerprint density at radius 2 is 1.23 bits per heavy atom. The number of carbonyl (C=O) groups is 1. The number of unbranched alkanes of at least 4 members (excludes halogenated alkanes) is 14. The highest BCUT2D eigenvalue weighted by Gasteiger charge is 2.40. The van der Waals surface area contributed by atoms with Crippen molar-refractivity contribution in [2.75, 3.05) is 6.26 Å². The van der Waals surface area contributed by atoms with Crippen LogP contribution in [0.1, 0.15) is 137 Å². The van der Waals surface area contributed by atoms with Gasteiger partial charge in [0.2, 0.25) is 0 Å². The summed E-state index contributed by atoms with van der Waals surface area (Å²) in [5.74, 6) is -0.942. The number of carboxylic acid groups (broad SMARTS) is 1. The summed E-state index contributed by atoms with van der Waals surface area (Å²) in [5, 5.41) is 19.3. The Balaban J connectivity index is 4.21. The van der Waals surface area contributed by atoms with E-state index in [-0.39, 0.29) is 11.1 Å². The van der Waals surface area contributed by atoms with Crippen molar-refractivity contribution in [3.05, 3.63) is 0 Å². The van der Waals surface area contributed by atoms with Crippen molar-refractivity contribution in [3.63, 3.8) is 0 Å². The summed E-state index contributed by atoms with van der Waals surface area (Å²) < 4.78 is 6.64. The Morgan fingerprint density at radius 3 is 1.57 bits per heavy atom. The summed E-state index contributed by atoms with van der Waals surface area (Å²) >= 11 is 1.21. The fraction of sp³-hybridized carbons (Fsp3) is 0.966. The molecule has 0 aromatic rings. The van der Waals surface area contributed by atoms with Crippen LogP contribution in [0.15, 0.2) is 0 Å². The molecule has 0 aromatic heterocycles. The number of rotatable bonds is 23. The topological polar surface area (TPSA) is 66.8 Å². The average Bonchev–Trinajstić information content (AvgIpc) is 2.75. The highest BCUT2D eigenvalue weighted by Crippen LogP contribution is 2.38. The molecule has 0 aliphatic carbocycles. The Morgan fingerprint density at radius 1 is 0.829 bits per heavy atom. The highest BCUT2D eigenvalue weighted by atomic mass is 32.2. The fourth-order valence-corrected chi connectivity index (χ4v) is 6.40. The van der Waals surface area contributed by atoms with Gasteiger partial charge in [0, 0.05) is 6.10 Å². The minimum atomic E-state index is -1.98. The zero-order chi connectivity index (χ0) is 26.7. The maximum absolute atomic E-state index is 11.5. The highest BCUT2D eigenvalue weighted by molar-refractivity contribution is 7.99. The van der Waals surface area contributed by atoms with Crippen molar-refractivity contribution in [1.29, 1.82) is 0 Å². The van der Waals surface area contributed by atoms with Crippen molar-refractivity contribution in [1.82, 2.24) is 0 Å². The molecule has 0 saturated heterocycles. The van der Waals surface area contributed by atoms with Crippen molar-refractivity contribution < 1.29 is 19.4 Å². The van der Waals surface area contributed by atoms with Crippen molar-refractivity contribution >= 4 is 26.0 Å². The van der Waals surface area contributed by atoms with Gasteiger partial charge in [-0.1, -0.05) is 124 Å². The SMILES string of the molecule is CCCCCCCCCCCCCCCCC[C@H](CC(O)C(SC)C(=O)O)O[Si](C)(C)C(C)(C)C. The van der Waals surface area contributed by atoms with E-state index >= 15 is 0 Å². The summed E-state index contributed by atoms with van der Waals surface area (Å²) in [6, 6.07) is 0. The molecule has 0 saturated carbocycles. The van der Waals surface area contributed by atoms with E-state index in [9.17, 15) is 15.0 Å². The zero-order valence-corrected chi connectivity index (χ0v) is 26.2. The summed E-state index contributed by atoms with van der Waals surface area (Å²) in [4.78, 5) is 11.5. The molecule has 210 valence electrons. The second-order valence-corrected chi connectivity index (χ2v) is 17.8. The maximum atomic E-state index is 11.5. The molecule has 6 heteroatoms. The molecular weight excluding hydrogens is 472 g/mol. The van der Waals surface area contributed by atoms with E-state index in [4.69, 9.17) is 4.43 Å². The van der Waals surface area contributed by atoms with Gasteiger partial charge in [-0.15, -0.1) is 11.8 Å². The molecule has 0 aliphatic heterocycles. The van der Waals surface area contributed by atoms with Crippen LogP contribution < -0.4 is 0 Å². The first-order valence-corrected chi connectivity index (χ1v) is 18.8. The molecule has 0 rings (SSSR count). The van der Waals surface area contributed by atoms with Crippen LogP contribution in [0.2, 0.25) is 18.1 Å². The molecule has 35 heavy (non-hydrogen) atoms. The standard InChI is InChI=1S/C29H60O4SSi/c1-8-9-10-11-12-13-14-15-16-17-18-19-20-21-22-23-25(33-35(6,7)29(2,3)4)24-26(30)27(34-5)28(31)32/h25-27,30H,8-24H2,1-7H3,(H,31,32)/t25-,26?,27?/m1/s1. The van der Waals surface area contributed by atoms with E-state index in [1.807, 2.05) is 0 Å². The smallest absolute Gasteiger partial charge is 0.319 e. The van der Waals surface area contributed by atoms with Gasteiger partial charge in [-0.25, -0.2) is 0 Å². The Hall–Kier alpha value is -0.0431. The monoisotopic (exact) mass is 532 g/mol. The Kier molecular flexibility index (Phi) is 20.0. The van der Waals surface area contributed by atoms with E-state index in [0.717, 1.165) is 12.8 Å². The van der Waals surface area contributed by atoms with Gasteiger partial charge in [0.15, 0.2) is 8.32 Å². The molecule has 2 unspecified atom stereocenters. The van der Waals surface area contributed by atoms with Gasteiger partial charge < -0.3 is 14.6 Å². The lowest BCUT2D eigenvalue weighted by molar-refractivity contribution is -0.138. The molecule has 4 nitrogen and oxygen atoms in total. The molecule has 0 aromatic carbocycles. The van der Waals surface area contributed by atoms with Crippen LogP contribution in [0.25, 0.3) is 0 Å². The number of aliphatic carboxylic acids is 1. The van der Waals surface area contributed by atoms with Crippen LogP contribution >= 0.6 is 11.8 Å². The first kappa shape index (κ1) is 35.0. The molecule has 0 amide bonds. The second kappa shape index (κ2) is 20.0. The van der Waals surface area contributed by atoms with Gasteiger partial charge in [0.1, 0.15) is 5.25 Å². The molecule has 0 spiro atoms. The average molecular weight is 533 g/mol. The van der Waals surface area contributed by atoms with E-state index in [2.05, 4.69) is 40.8 Å². The lowest BCUT2D eigenvalue weighted by atomic mass is 10.0. The Labute approximate surface area is 223 Å². The number of hydrogen-bond donors (Lipinski definition) is 2. The quantitative estimate of drug-likeness (QED) is 0.101. The normalized spacial score (nSPS) is 15.2. The number of aliphatic hydroxyl groups is 1. The first-order valence-electron chi connectivity index (χ1n) is 14.6. The fourth-order valence-electron chi connectivity index (χ4n) is 4.38. The molecule has 0 radical (unpaired) electrons. The van der Waals surface area contributed by atoms with Crippen molar-refractivity contribution in [2.45, 2.75) is 172 Å². The second-order valence-electron chi connectivity index (χ2n) is 12.0. The molecule has 0 aliphatic rings.